The van der Waals surface area contributed by atoms with E-state index in [0.717, 1.165) is 0 Å². The second kappa shape index (κ2) is 6.54. The Balaban J connectivity index is 2.36. The van der Waals surface area contributed by atoms with Crippen LogP contribution in [0.3, 0.4) is 0 Å². The Hall–Kier alpha value is -2.51. The monoisotopic (exact) mass is 332 g/mol. The number of Topliss-reactive ketones (excluding diaryl/α,β-unsaturated/α-hetero) is 1. The number of hydrogen-bond acceptors (Lipinski definition) is 8. The number of carbonyl (C=O) groups excluding carboxylic acids is 1. The molecule has 0 fully saturated rings. The van der Waals surface area contributed by atoms with Crippen LogP contribution in [-0.4, -0.2) is 60.2 Å². The van der Waals surface area contributed by atoms with Gasteiger partial charge in [0.1, 0.15) is 5.76 Å². The van der Waals surface area contributed by atoms with Crippen molar-refractivity contribution in [2.24, 2.45) is 10.4 Å². The first kappa shape index (κ1) is 17.8. The SMILES string of the molecule is CN(C)c1nc(/N=C/C2=C(O)CC(C)(C)CC2=O)nc(N(C)C)n1. The van der Waals surface area contributed by atoms with Gasteiger partial charge in [-0.2, -0.15) is 15.0 Å². The molecule has 0 bridgehead atoms. The minimum absolute atomic E-state index is 0.0646. The van der Waals surface area contributed by atoms with Crippen LogP contribution in [0.15, 0.2) is 16.3 Å². The molecular weight excluding hydrogens is 308 g/mol. The molecule has 1 aliphatic carbocycles. The molecule has 24 heavy (non-hydrogen) atoms. The molecule has 0 radical (unpaired) electrons. The third kappa shape index (κ3) is 4.06. The normalized spacial score (nSPS) is 17.5. The molecule has 1 heterocycles. The highest BCUT2D eigenvalue weighted by Crippen LogP contribution is 2.35. The zero-order valence-electron chi connectivity index (χ0n) is 15.0. The van der Waals surface area contributed by atoms with E-state index in [-0.39, 0.29) is 28.5 Å². The first-order chi connectivity index (χ1) is 11.1. The lowest BCUT2D eigenvalue weighted by Gasteiger charge is -2.28. The van der Waals surface area contributed by atoms with E-state index in [2.05, 4.69) is 19.9 Å². The highest BCUT2D eigenvalue weighted by molar-refractivity contribution is 6.14. The summed E-state index contributed by atoms with van der Waals surface area (Å²) >= 11 is 0. The Bertz CT molecular complexity index is 680. The van der Waals surface area contributed by atoms with E-state index in [1.807, 2.05) is 42.0 Å². The van der Waals surface area contributed by atoms with Gasteiger partial charge in [-0.15, -0.1) is 0 Å². The number of allylic oxidation sites excluding steroid dienone is 2. The number of rotatable bonds is 4. The number of aromatic nitrogens is 3. The summed E-state index contributed by atoms with van der Waals surface area (Å²) in [4.78, 5) is 32.7. The Morgan fingerprint density at radius 1 is 1.04 bits per heavy atom. The number of ketones is 1. The molecular formula is C16H24N6O2. The smallest absolute Gasteiger partial charge is 0.255 e. The molecule has 1 N–H and O–H groups in total. The van der Waals surface area contributed by atoms with Crippen molar-refractivity contribution in [3.05, 3.63) is 11.3 Å². The Morgan fingerprint density at radius 3 is 2.04 bits per heavy atom. The zero-order chi connectivity index (χ0) is 18.1. The summed E-state index contributed by atoms with van der Waals surface area (Å²) in [5.41, 5.74) is -0.00506. The van der Waals surface area contributed by atoms with Gasteiger partial charge in [0.25, 0.3) is 5.95 Å². The van der Waals surface area contributed by atoms with Crippen LogP contribution in [0.4, 0.5) is 17.8 Å². The van der Waals surface area contributed by atoms with E-state index in [9.17, 15) is 9.90 Å². The van der Waals surface area contributed by atoms with Crippen molar-refractivity contribution in [3.63, 3.8) is 0 Å². The molecule has 0 saturated heterocycles. The van der Waals surface area contributed by atoms with Crippen LogP contribution in [0.5, 0.6) is 0 Å². The average Bonchev–Trinajstić information content (AvgIpc) is 2.44. The third-order valence-electron chi connectivity index (χ3n) is 3.61. The zero-order valence-corrected chi connectivity index (χ0v) is 15.0. The van der Waals surface area contributed by atoms with E-state index in [4.69, 9.17) is 0 Å². The van der Waals surface area contributed by atoms with Gasteiger partial charge in [-0.1, -0.05) is 13.8 Å². The van der Waals surface area contributed by atoms with Gasteiger partial charge in [-0.05, 0) is 5.41 Å². The van der Waals surface area contributed by atoms with Crippen molar-refractivity contribution >= 4 is 29.8 Å². The summed E-state index contributed by atoms with van der Waals surface area (Å²) in [6.45, 7) is 3.90. The molecule has 130 valence electrons. The fraction of sp³-hybridized carbons (Fsp3) is 0.562. The van der Waals surface area contributed by atoms with Crippen molar-refractivity contribution in [1.82, 2.24) is 15.0 Å². The van der Waals surface area contributed by atoms with E-state index in [1.165, 1.54) is 6.21 Å². The van der Waals surface area contributed by atoms with E-state index < -0.39 is 0 Å². The first-order valence-corrected chi connectivity index (χ1v) is 7.69. The lowest BCUT2D eigenvalue weighted by molar-refractivity contribution is -0.117. The summed E-state index contributed by atoms with van der Waals surface area (Å²) in [6.07, 6.45) is 2.17. The van der Waals surface area contributed by atoms with Crippen LogP contribution in [0.25, 0.3) is 0 Å². The number of carbonyl (C=O) groups is 1. The standard InChI is InChI=1S/C16H24N6O2/c1-16(2)7-11(23)10(12(24)8-16)9-17-13-18-14(21(3)4)20-15(19-13)22(5)6/h9,23H,7-8H2,1-6H3/b17-9+. The Labute approximate surface area is 142 Å². The van der Waals surface area contributed by atoms with Gasteiger partial charge >= 0.3 is 0 Å². The van der Waals surface area contributed by atoms with Crippen LogP contribution >= 0.6 is 0 Å². The molecule has 2 rings (SSSR count). The molecule has 0 atom stereocenters. The number of nitrogens with zero attached hydrogens (tertiary/aromatic N) is 6. The lowest BCUT2D eigenvalue weighted by atomic mass is 9.77. The van der Waals surface area contributed by atoms with Crippen molar-refractivity contribution < 1.29 is 9.90 Å². The van der Waals surface area contributed by atoms with Gasteiger partial charge < -0.3 is 14.9 Å². The van der Waals surface area contributed by atoms with Crippen molar-refractivity contribution in [2.45, 2.75) is 26.7 Å². The first-order valence-electron chi connectivity index (χ1n) is 7.69. The van der Waals surface area contributed by atoms with E-state index >= 15 is 0 Å². The predicted molar refractivity (Wildman–Crippen MR) is 94.3 cm³/mol. The highest BCUT2D eigenvalue weighted by Gasteiger charge is 2.32. The summed E-state index contributed by atoms with van der Waals surface area (Å²) in [5, 5.41) is 10.1. The molecule has 0 aromatic carbocycles. The topological polar surface area (TPSA) is 94.8 Å². The fourth-order valence-corrected chi connectivity index (χ4v) is 2.37. The highest BCUT2D eigenvalue weighted by atomic mass is 16.3. The van der Waals surface area contributed by atoms with E-state index in [1.54, 1.807) is 9.80 Å². The van der Waals surface area contributed by atoms with Gasteiger partial charge in [0.05, 0.1) is 5.57 Å². The fourth-order valence-electron chi connectivity index (χ4n) is 2.37. The van der Waals surface area contributed by atoms with Crippen LogP contribution in [0.1, 0.15) is 26.7 Å². The van der Waals surface area contributed by atoms with Gasteiger partial charge in [-0.25, -0.2) is 4.99 Å². The Morgan fingerprint density at radius 2 is 1.58 bits per heavy atom. The molecule has 0 amide bonds. The molecule has 0 aliphatic heterocycles. The molecule has 1 aromatic heterocycles. The number of aliphatic hydroxyl groups is 1. The average molecular weight is 332 g/mol. The summed E-state index contributed by atoms with van der Waals surface area (Å²) in [5.74, 6) is 1.07. The number of aliphatic imine (C=N–C) groups is 1. The number of hydrogen-bond donors (Lipinski definition) is 1. The number of aliphatic hydroxyl groups excluding tert-OH is 1. The van der Waals surface area contributed by atoms with Crippen molar-refractivity contribution in [2.75, 3.05) is 38.0 Å². The minimum Gasteiger partial charge on any atom is -0.511 e. The lowest BCUT2D eigenvalue weighted by Crippen LogP contribution is -2.26. The minimum atomic E-state index is -0.234. The largest absolute Gasteiger partial charge is 0.511 e. The summed E-state index contributed by atoms with van der Waals surface area (Å²) in [7, 11) is 7.29. The van der Waals surface area contributed by atoms with Crippen molar-refractivity contribution in [3.8, 4) is 0 Å². The molecule has 1 aliphatic rings. The maximum absolute atomic E-state index is 12.2. The van der Waals surface area contributed by atoms with Crippen LogP contribution in [0.2, 0.25) is 0 Å². The maximum atomic E-state index is 12.2. The molecule has 0 unspecified atom stereocenters. The quantitative estimate of drug-likeness (QED) is 0.841. The summed E-state index contributed by atoms with van der Waals surface area (Å²) < 4.78 is 0. The molecule has 0 saturated carbocycles. The van der Waals surface area contributed by atoms with Gasteiger partial charge in [-0.3, -0.25) is 4.79 Å². The third-order valence-corrected chi connectivity index (χ3v) is 3.61. The van der Waals surface area contributed by atoms with Crippen LogP contribution in [-0.2, 0) is 4.79 Å². The van der Waals surface area contributed by atoms with Crippen LogP contribution < -0.4 is 9.80 Å². The molecule has 8 nitrogen and oxygen atoms in total. The number of anilines is 2. The predicted octanol–water partition coefficient (Wildman–Crippen LogP) is 1.91. The maximum Gasteiger partial charge on any atom is 0.255 e. The Kier molecular flexibility index (Phi) is 4.86. The molecule has 8 heteroatoms. The molecule has 1 aromatic rings. The summed E-state index contributed by atoms with van der Waals surface area (Å²) in [6, 6.07) is 0. The van der Waals surface area contributed by atoms with Gasteiger partial charge in [0, 0.05) is 47.2 Å². The second-order valence-corrected chi connectivity index (χ2v) is 7.08. The van der Waals surface area contributed by atoms with Gasteiger partial charge in [0.15, 0.2) is 5.78 Å². The van der Waals surface area contributed by atoms with Crippen molar-refractivity contribution in [1.29, 1.82) is 0 Å². The van der Waals surface area contributed by atoms with E-state index in [0.29, 0.717) is 24.7 Å². The second-order valence-electron chi connectivity index (χ2n) is 7.08. The van der Waals surface area contributed by atoms with Gasteiger partial charge in [0.2, 0.25) is 11.9 Å². The van der Waals surface area contributed by atoms with Crippen LogP contribution in [0, 0.1) is 5.41 Å². The molecule has 0 spiro atoms.